The van der Waals surface area contributed by atoms with Crippen LogP contribution >= 0.6 is 0 Å². The summed E-state index contributed by atoms with van der Waals surface area (Å²) in [6, 6.07) is 0.354. The smallest absolute Gasteiger partial charge is 0.00386 e. The molecule has 1 saturated carbocycles. The van der Waals surface area contributed by atoms with Crippen LogP contribution in [0, 0.1) is 23.2 Å². The molecule has 19 heavy (non-hydrogen) atoms. The Kier molecular flexibility index (Phi) is 6.82. The fourth-order valence-corrected chi connectivity index (χ4v) is 3.76. The van der Waals surface area contributed by atoms with Crippen LogP contribution in [0.5, 0.6) is 0 Å². The molecule has 5 atom stereocenters. The van der Waals surface area contributed by atoms with E-state index in [0.717, 1.165) is 18.4 Å². The lowest BCUT2D eigenvalue weighted by molar-refractivity contribution is 0.214. The number of rotatable bonds is 10. The summed E-state index contributed by atoms with van der Waals surface area (Å²) in [4.78, 5) is 0. The summed E-state index contributed by atoms with van der Waals surface area (Å²) in [5.41, 5.74) is 12.4. The van der Waals surface area contributed by atoms with Crippen molar-refractivity contribution < 1.29 is 0 Å². The predicted octanol–water partition coefficient (Wildman–Crippen LogP) is 3.93. The standard InChI is InChI=1S/C17H36N2/c1-5-14(13(3)19)9-7-8-10-17(4,6-2)16-11-15(16)12-18/h13-16H,5-12,18-19H2,1-4H3. The van der Waals surface area contributed by atoms with Gasteiger partial charge in [-0.3, -0.25) is 0 Å². The Morgan fingerprint density at radius 2 is 1.95 bits per heavy atom. The molecule has 5 unspecified atom stereocenters. The van der Waals surface area contributed by atoms with Gasteiger partial charge in [0.25, 0.3) is 0 Å². The average molecular weight is 268 g/mol. The highest BCUT2D eigenvalue weighted by Crippen LogP contribution is 2.54. The molecule has 1 fully saturated rings. The van der Waals surface area contributed by atoms with Gasteiger partial charge in [0.2, 0.25) is 0 Å². The van der Waals surface area contributed by atoms with Crippen LogP contribution in [0.2, 0.25) is 0 Å². The van der Waals surface area contributed by atoms with Gasteiger partial charge in [0.1, 0.15) is 0 Å². The van der Waals surface area contributed by atoms with Gasteiger partial charge in [0.15, 0.2) is 0 Å². The molecule has 4 N–H and O–H groups in total. The quantitative estimate of drug-likeness (QED) is 0.590. The van der Waals surface area contributed by atoms with E-state index in [-0.39, 0.29) is 0 Å². The minimum atomic E-state index is 0.354. The van der Waals surface area contributed by atoms with Crippen molar-refractivity contribution in [2.24, 2.45) is 34.6 Å². The molecule has 0 radical (unpaired) electrons. The predicted molar refractivity (Wildman–Crippen MR) is 84.9 cm³/mol. The zero-order valence-electron chi connectivity index (χ0n) is 13.6. The van der Waals surface area contributed by atoms with Crippen molar-refractivity contribution in [3.8, 4) is 0 Å². The van der Waals surface area contributed by atoms with E-state index in [9.17, 15) is 0 Å². The summed E-state index contributed by atoms with van der Waals surface area (Å²) in [6.45, 7) is 10.1. The molecule has 0 bridgehead atoms. The van der Waals surface area contributed by atoms with E-state index in [1.807, 2.05) is 0 Å². The Bertz CT molecular complexity index is 252. The van der Waals surface area contributed by atoms with Crippen molar-refractivity contribution in [3.05, 3.63) is 0 Å². The second-order valence-corrected chi connectivity index (χ2v) is 7.12. The Morgan fingerprint density at radius 3 is 2.37 bits per heavy atom. The van der Waals surface area contributed by atoms with Gasteiger partial charge in [0, 0.05) is 6.04 Å². The number of unbranched alkanes of at least 4 members (excludes halogenated alkanes) is 1. The maximum atomic E-state index is 6.02. The Morgan fingerprint density at radius 1 is 1.26 bits per heavy atom. The molecular formula is C17H36N2. The van der Waals surface area contributed by atoms with Gasteiger partial charge >= 0.3 is 0 Å². The first-order valence-electron chi connectivity index (χ1n) is 8.44. The van der Waals surface area contributed by atoms with E-state index in [2.05, 4.69) is 27.7 Å². The molecule has 1 aliphatic rings. The monoisotopic (exact) mass is 268 g/mol. The lowest BCUT2D eigenvalue weighted by atomic mass is 9.76. The first-order chi connectivity index (χ1) is 8.98. The van der Waals surface area contributed by atoms with Crippen molar-refractivity contribution in [3.63, 3.8) is 0 Å². The molecule has 1 rings (SSSR count). The molecule has 1 aliphatic carbocycles. The molecular weight excluding hydrogens is 232 g/mol. The number of hydrogen-bond acceptors (Lipinski definition) is 2. The van der Waals surface area contributed by atoms with Gasteiger partial charge in [0.05, 0.1) is 0 Å². The van der Waals surface area contributed by atoms with Crippen LogP contribution in [0.1, 0.15) is 72.6 Å². The van der Waals surface area contributed by atoms with Crippen molar-refractivity contribution >= 4 is 0 Å². The van der Waals surface area contributed by atoms with Gasteiger partial charge in [-0.1, -0.05) is 46.5 Å². The summed E-state index contributed by atoms with van der Waals surface area (Å²) in [5, 5.41) is 0. The first kappa shape index (κ1) is 17.0. The Hall–Kier alpha value is -0.0800. The van der Waals surface area contributed by atoms with E-state index >= 15 is 0 Å². The van der Waals surface area contributed by atoms with Crippen LogP contribution in [0.3, 0.4) is 0 Å². The molecule has 0 heterocycles. The van der Waals surface area contributed by atoms with E-state index in [1.54, 1.807) is 0 Å². The molecule has 0 aromatic carbocycles. The molecule has 0 saturated heterocycles. The van der Waals surface area contributed by atoms with Crippen LogP contribution in [-0.4, -0.2) is 12.6 Å². The third-order valence-electron chi connectivity index (χ3n) is 5.77. The molecule has 114 valence electrons. The summed E-state index contributed by atoms with van der Waals surface area (Å²) in [6.07, 6.45) is 9.29. The van der Waals surface area contributed by atoms with Crippen molar-refractivity contribution in [1.29, 1.82) is 0 Å². The van der Waals surface area contributed by atoms with Crippen molar-refractivity contribution in [2.75, 3.05) is 6.54 Å². The highest BCUT2D eigenvalue weighted by Gasteiger charge is 2.47. The number of nitrogens with two attached hydrogens (primary N) is 2. The molecule has 0 aromatic heterocycles. The second-order valence-electron chi connectivity index (χ2n) is 7.12. The van der Waals surface area contributed by atoms with Crippen LogP contribution in [-0.2, 0) is 0 Å². The maximum absolute atomic E-state index is 6.02. The highest BCUT2D eigenvalue weighted by atomic mass is 14.6. The highest BCUT2D eigenvalue weighted by molar-refractivity contribution is 4.97. The van der Waals surface area contributed by atoms with Gasteiger partial charge < -0.3 is 11.5 Å². The van der Waals surface area contributed by atoms with Crippen molar-refractivity contribution in [1.82, 2.24) is 0 Å². The lowest BCUT2D eigenvalue weighted by Crippen LogP contribution is -2.26. The van der Waals surface area contributed by atoms with Gasteiger partial charge in [-0.25, -0.2) is 0 Å². The van der Waals surface area contributed by atoms with Crippen LogP contribution in [0.15, 0.2) is 0 Å². The normalized spacial score (nSPS) is 28.7. The molecule has 0 amide bonds. The third kappa shape index (κ3) is 4.75. The largest absolute Gasteiger partial charge is 0.330 e. The Balaban J connectivity index is 2.27. The zero-order chi connectivity index (χ0) is 14.5. The van der Waals surface area contributed by atoms with E-state index in [1.165, 1.54) is 44.9 Å². The van der Waals surface area contributed by atoms with Crippen LogP contribution < -0.4 is 11.5 Å². The van der Waals surface area contributed by atoms with Gasteiger partial charge in [-0.2, -0.15) is 0 Å². The van der Waals surface area contributed by atoms with E-state index < -0.39 is 0 Å². The SMILES string of the molecule is CCC(CCCCC(C)(CC)C1CC1CN)C(C)N. The minimum absolute atomic E-state index is 0.354. The zero-order valence-corrected chi connectivity index (χ0v) is 13.6. The fourth-order valence-electron chi connectivity index (χ4n) is 3.76. The lowest BCUT2D eigenvalue weighted by Gasteiger charge is -2.29. The van der Waals surface area contributed by atoms with E-state index in [0.29, 0.717) is 17.4 Å². The second kappa shape index (κ2) is 7.64. The van der Waals surface area contributed by atoms with Crippen LogP contribution in [0.25, 0.3) is 0 Å². The van der Waals surface area contributed by atoms with Crippen LogP contribution in [0.4, 0.5) is 0 Å². The van der Waals surface area contributed by atoms with Crippen molar-refractivity contribution in [2.45, 2.75) is 78.7 Å². The number of hydrogen-bond donors (Lipinski definition) is 2. The molecule has 0 spiro atoms. The Labute approximate surface area is 120 Å². The minimum Gasteiger partial charge on any atom is -0.330 e. The van der Waals surface area contributed by atoms with Gasteiger partial charge in [-0.05, 0) is 55.9 Å². The van der Waals surface area contributed by atoms with Gasteiger partial charge in [-0.15, -0.1) is 0 Å². The summed E-state index contributed by atoms with van der Waals surface area (Å²) in [5.74, 6) is 2.43. The third-order valence-corrected chi connectivity index (χ3v) is 5.77. The molecule has 2 nitrogen and oxygen atoms in total. The summed E-state index contributed by atoms with van der Waals surface area (Å²) < 4.78 is 0. The first-order valence-corrected chi connectivity index (χ1v) is 8.44. The fraction of sp³-hybridized carbons (Fsp3) is 1.00. The summed E-state index contributed by atoms with van der Waals surface area (Å²) in [7, 11) is 0. The molecule has 0 aromatic rings. The molecule has 0 aliphatic heterocycles. The average Bonchev–Trinajstić information content (AvgIpc) is 3.18. The molecule has 2 heteroatoms. The summed E-state index contributed by atoms with van der Waals surface area (Å²) >= 11 is 0. The van der Waals surface area contributed by atoms with E-state index in [4.69, 9.17) is 11.5 Å². The maximum Gasteiger partial charge on any atom is 0.00386 e. The topological polar surface area (TPSA) is 52.0 Å².